The largest absolute Gasteiger partial charge is 0.465 e. The maximum Gasteiger partial charge on any atom is 0.319 e. The number of unbranched alkanes of at least 4 members (excludes halogenated alkanes) is 3. The van der Waals surface area contributed by atoms with E-state index in [0.29, 0.717) is 6.61 Å². The van der Waals surface area contributed by atoms with Gasteiger partial charge in [-0.3, -0.25) is 4.79 Å². The molecule has 0 radical (unpaired) electrons. The summed E-state index contributed by atoms with van der Waals surface area (Å²) in [5.41, 5.74) is 0. The first-order valence-corrected chi connectivity index (χ1v) is 7.09. The van der Waals surface area contributed by atoms with Crippen molar-refractivity contribution in [3.8, 4) is 0 Å². The SMILES string of the molecule is CCCCCCSC(CC)C(=O)OCC. The summed E-state index contributed by atoms with van der Waals surface area (Å²) in [5, 5.41) is 0.0478. The zero-order chi connectivity index (χ0) is 11.5. The molecule has 0 aliphatic carbocycles. The number of hydrogen-bond donors (Lipinski definition) is 0. The van der Waals surface area contributed by atoms with Gasteiger partial charge in [0.15, 0.2) is 0 Å². The topological polar surface area (TPSA) is 26.3 Å². The van der Waals surface area contributed by atoms with Crippen LogP contribution in [0.5, 0.6) is 0 Å². The van der Waals surface area contributed by atoms with Gasteiger partial charge in [-0.1, -0.05) is 33.1 Å². The predicted octanol–water partition coefficient (Wildman–Crippen LogP) is 3.64. The van der Waals surface area contributed by atoms with Crippen molar-refractivity contribution in [1.29, 1.82) is 0 Å². The molecule has 0 rings (SSSR count). The lowest BCUT2D eigenvalue weighted by atomic mass is 10.2. The third-order valence-electron chi connectivity index (χ3n) is 2.24. The Labute approximate surface area is 98.2 Å². The molecule has 2 nitrogen and oxygen atoms in total. The predicted molar refractivity (Wildman–Crippen MR) is 67.3 cm³/mol. The first kappa shape index (κ1) is 14.8. The Hall–Kier alpha value is -0.180. The summed E-state index contributed by atoms with van der Waals surface area (Å²) in [6.07, 6.45) is 5.94. The second-order valence-corrected chi connectivity index (χ2v) is 4.89. The lowest BCUT2D eigenvalue weighted by molar-refractivity contribution is -0.142. The van der Waals surface area contributed by atoms with Gasteiger partial charge in [-0.2, -0.15) is 0 Å². The fourth-order valence-corrected chi connectivity index (χ4v) is 2.44. The molecule has 0 N–H and O–H groups in total. The normalized spacial score (nSPS) is 12.5. The Balaban J connectivity index is 3.56. The molecule has 0 bridgehead atoms. The third-order valence-corrected chi connectivity index (χ3v) is 3.69. The molecule has 0 spiro atoms. The van der Waals surface area contributed by atoms with Gasteiger partial charge in [-0.05, 0) is 25.5 Å². The summed E-state index contributed by atoms with van der Waals surface area (Å²) in [7, 11) is 0. The summed E-state index contributed by atoms with van der Waals surface area (Å²) >= 11 is 1.75. The molecule has 90 valence electrons. The second-order valence-electron chi connectivity index (χ2n) is 3.58. The molecule has 1 unspecified atom stereocenters. The van der Waals surface area contributed by atoms with Crippen molar-refractivity contribution in [1.82, 2.24) is 0 Å². The Kier molecular flexibility index (Phi) is 10.2. The molecule has 0 saturated heterocycles. The molecule has 0 saturated carbocycles. The molecule has 0 fully saturated rings. The van der Waals surface area contributed by atoms with E-state index in [0.717, 1.165) is 12.2 Å². The van der Waals surface area contributed by atoms with Crippen LogP contribution < -0.4 is 0 Å². The van der Waals surface area contributed by atoms with Gasteiger partial charge < -0.3 is 4.74 Å². The van der Waals surface area contributed by atoms with Gasteiger partial charge in [0.25, 0.3) is 0 Å². The van der Waals surface area contributed by atoms with Gasteiger partial charge >= 0.3 is 5.97 Å². The Morgan fingerprint density at radius 3 is 2.47 bits per heavy atom. The number of ether oxygens (including phenoxy) is 1. The van der Waals surface area contributed by atoms with Gasteiger partial charge in [0, 0.05) is 0 Å². The highest BCUT2D eigenvalue weighted by molar-refractivity contribution is 8.00. The lowest BCUT2D eigenvalue weighted by Gasteiger charge is -2.12. The van der Waals surface area contributed by atoms with E-state index in [4.69, 9.17) is 4.74 Å². The minimum absolute atomic E-state index is 0.0412. The molecule has 0 amide bonds. The van der Waals surface area contributed by atoms with Crippen LogP contribution in [0.25, 0.3) is 0 Å². The zero-order valence-corrected chi connectivity index (χ0v) is 11.1. The van der Waals surface area contributed by atoms with E-state index in [1.807, 2.05) is 13.8 Å². The molecule has 0 aliphatic heterocycles. The highest BCUT2D eigenvalue weighted by atomic mass is 32.2. The summed E-state index contributed by atoms with van der Waals surface area (Å²) in [6, 6.07) is 0. The number of hydrogen-bond acceptors (Lipinski definition) is 3. The fraction of sp³-hybridized carbons (Fsp3) is 0.917. The summed E-state index contributed by atoms with van der Waals surface area (Å²) < 4.78 is 5.01. The van der Waals surface area contributed by atoms with Gasteiger partial charge in [0.05, 0.1) is 6.61 Å². The van der Waals surface area contributed by atoms with E-state index in [9.17, 15) is 4.79 Å². The number of carbonyl (C=O) groups is 1. The first-order valence-electron chi connectivity index (χ1n) is 6.04. The van der Waals surface area contributed by atoms with Crippen LogP contribution in [-0.4, -0.2) is 23.6 Å². The van der Waals surface area contributed by atoms with Gasteiger partial charge in [0.2, 0.25) is 0 Å². The maximum absolute atomic E-state index is 11.5. The zero-order valence-electron chi connectivity index (χ0n) is 10.3. The van der Waals surface area contributed by atoms with Crippen molar-refractivity contribution in [3.63, 3.8) is 0 Å². The molecular weight excluding hydrogens is 208 g/mol. The molecule has 15 heavy (non-hydrogen) atoms. The van der Waals surface area contributed by atoms with Crippen LogP contribution in [0, 0.1) is 0 Å². The van der Waals surface area contributed by atoms with E-state index in [-0.39, 0.29) is 11.2 Å². The van der Waals surface area contributed by atoms with Crippen molar-refractivity contribution in [3.05, 3.63) is 0 Å². The fourth-order valence-electron chi connectivity index (χ4n) is 1.34. The van der Waals surface area contributed by atoms with Gasteiger partial charge in [-0.25, -0.2) is 0 Å². The van der Waals surface area contributed by atoms with E-state index in [2.05, 4.69) is 6.92 Å². The third kappa shape index (κ3) is 7.71. The average molecular weight is 232 g/mol. The van der Waals surface area contributed by atoms with E-state index < -0.39 is 0 Å². The van der Waals surface area contributed by atoms with E-state index in [1.54, 1.807) is 11.8 Å². The lowest BCUT2D eigenvalue weighted by Crippen LogP contribution is -2.19. The number of carbonyl (C=O) groups excluding carboxylic acids is 1. The second kappa shape index (κ2) is 10.3. The average Bonchev–Trinajstić information content (AvgIpc) is 2.23. The van der Waals surface area contributed by atoms with Crippen molar-refractivity contribution < 1.29 is 9.53 Å². The Morgan fingerprint density at radius 1 is 1.20 bits per heavy atom. The number of esters is 1. The quantitative estimate of drug-likeness (QED) is 0.448. The maximum atomic E-state index is 11.5. The smallest absolute Gasteiger partial charge is 0.319 e. The monoisotopic (exact) mass is 232 g/mol. The van der Waals surface area contributed by atoms with Crippen molar-refractivity contribution in [2.75, 3.05) is 12.4 Å². The van der Waals surface area contributed by atoms with E-state index >= 15 is 0 Å². The van der Waals surface area contributed by atoms with Crippen molar-refractivity contribution in [2.45, 2.75) is 58.1 Å². The molecule has 0 aromatic rings. The first-order chi connectivity index (χ1) is 7.26. The minimum Gasteiger partial charge on any atom is -0.465 e. The molecule has 3 heteroatoms. The highest BCUT2D eigenvalue weighted by Gasteiger charge is 2.17. The van der Waals surface area contributed by atoms with Crippen LogP contribution >= 0.6 is 11.8 Å². The molecule has 0 aliphatic rings. The van der Waals surface area contributed by atoms with Gasteiger partial charge in [0.1, 0.15) is 5.25 Å². The Bertz CT molecular complexity index is 160. The summed E-state index contributed by atoms with van der Waals surface area (Å²) in [5.74, 6) is 1.04. The van der Waals surface area contributed by atoms with Crippen molar-refractivity contribution >= 4 is 17.7 Å². The molecule has 0 aromatic carbocycles. The number of rotatable bonds is 9. The standard InChI is InChI=1S/C12H24O2S/c1-4-7-8-9-10-15-11(5-2)12(13)14-6-3/h11H,4-10H2,1-3H3. The van der Waals surface area contributed by atoms with Crippen LogP contribution in [-0.2, 0) is 9.53 Å². The molecule has 0 aromatic heterocycles. The van der Waals surface area contributed by atoms with Crippen LogP contribution in [0.15, 0.2) is 0 Å². The Morgan fingerprint density at radius 2 is 1.93 bits per heavy atom. The van der Waals surface area contributed by atoms with Crippen LogP contribution in [0.2, 0.25) is 0 Å². The summed E-state index contributed by atoms with van der Waals surface area (Å²) in [4.78, 5) is 11.5. The number of thioether (sulfide) groups is 1. The van der Waals surface area contributed by atoms with Crippen LogP contribution in [0.3, 0.4) is 0 Å². The highest BCUT2D eigenvalue weighted by Crippen LogP contribution is 2.18. The minimum atomic E-state index is -0.0412. The molecule has 1 atom stereocenters. The van der Waals surface area contributed by atoms with E-state index in [1.165, 1.54) is 25.7 Å². The summed E-state index contributed by atoms with van der Waals surface area (Å²) in [6.45, 7) is 6.60. The van der Waals surface area contributed by atoms with Gasteiger partial charge in [-0.15, -0.1) is 11.8 Å². The van der Waals surface area contributed by atoms with Crippen molar-refractivity contribution in [2.24, 2.45) is 0 Å². The van der Waals surface area contributed by atoms with Crippen LogP contribution in [0.1, 0.15) is 52.9 Å². The molecular formula is C12H24O2S. The van der Waals surface area contributed by atoms with Crippen LogP contribution in [0.4, 0.5) is 0 Å². The molecule has 0 heterocycles.